The summed E-state index contributed by atoms with van der Waals surface area (Å²) in [6, 6.07) is 0. The van der Waals surface area contributed by atoms with Crippen LogP contribution in [0.2, 0.25) is 39.3 Å². The number of carbonyl (C=O) groups is 1. The summed E-state index contributed by atoms with van der Waals surface area (Å²) in [6.07, 6.45) is 13.3. The van der Waals surface area contributed by atoms with E-state index in [2.05, 4.69) is 68.3 Å². The van der Waals surface area contributed by atoms with Crippen molar-refractivity contribution in [1.82, 2.24) is 0 Å². The van der Waals surface area contributed by atoms with Crippen LogP contribution in [0.1, 0.15) is 0 Å². The summed E-state index contributed by atoms with van der Waals surface area (Å²) in [4.78, 5) is 11.0. The lowest BCUT2D eigenvalue weighted by Crippen LogP contribution is -2.25. The van der Waals surface area contributed by atoms with Crippen molar-refractivity contribution in [2.24, 2.45) is 0 Å². The molecule has 124 valence electrons. The number of carbonyl (C=O) groups excluding carboxylic acids is 1. The van der Waals surface area contributed by atoms with Crippen molar-refractivity contribution < 1.29 is 14.0 Å². The average molecular weight is 339 g/mol. The number of rotatable bonds is 8. The molecule has 0 amide bonds. The van der Waals surface area contributed by atoms with Gasteiger partial charge in [0.1, 0.15) is 0 Å². The fourth-order valence-electron chi connectivity index (χ4n) is 1.44. The van der Waals surface area contributed by atoms with Gasteiger partial charge in [-0.25, -0.2) is 4.79 Å². The summed E-state index contributed by atoms with van der Waals surface area (Å²) in [5, 5.41) is 1.31. The Morgan fingerprint density at radius 2 is 1.55 bits per heavy atom. The zero-order valence-corrected chi connectivity index (χ0v) is 17.0. The Morgan fingerprint density at radius 1 is 0.955 bits per heavy atom. The second-order valence-electron chi connectivity index (χ2n) is 6.96. The number of esters is 1. The van der Waals surface area contributed by atoms with Crippen molar-refractivity contribution in [2.45, 2.75) is 39.3 Å². The van der Waals surface area contributed by atoms with Crippen LogP contribution in [0.15, 0.2) is 47.7 Å². The molecule has 0 heterocycles. The minimum absolute atomic E-state index is 0.341. The van der Waals surface area contributed by atoms with Gasteiger partial charge in [0.15, 0.2) is 8.32 Å². The minimum Gasteiger partial charge on any atom is -0.466 e. The van der Waals surface area contributed by atoms with Gasteiger partial charge in [-0.05, 0) is 19.6 Å². The maximum Gasteiger partial charge on any atom is 0.330 e. The van der Waals surface area contributed by atoms with E-state index in [-0.39, 0.29) is 5.97 Å². The summed E-state index contributed by atoms with van der Waals surface area (Å²) in [5.41, 5.74) is 0. The van der Waals surface area contributed by atoms with Crippen LogP contribution in [0.25, 0.3) is 0 Å². The van der Waals surface area contributed by atoms with Crippen molar-refractivity contribution in [3.8, 4) is 0 Å². The third-order valence-electron chi connectivity index (χ3n) is 2.71. The molecule has 0 aliphatic rings. The van der Waals surface area contributed by atoms with Gasteiger partial charge in [0.2, 0.25) is 0 Å². The van der Waals surface area contributed by atoms with E-state index >= 15 is 0 Å². The third-order valence-corrected chi connectivity index (χ3v) is 5.81. The molecule has 5 heteroatoms. The number of methoxy groups -OCH3 is 1. The van der Waals surface area contributed by atoms with Crippen molar-refractivity contribution in [3.63, 3.8) is 0 Å². The molecule has 0 spiro atoms. The predicted molar refractivity (Wildman–Crippen MR) is 100 cm³/mol. The van der Waals surface area contributed by atoms with Gasteiger partial charge in [-0.3, -0.25) is 0 Å². The fraction of sp³-hybridized carbons (Fsp3) is 0.471. The molecule has 0 saturated heterocycles. The van der Waals surface area contributed by atoms with E-state index in [1.54, 1.807) is 6.08 Å². The van der Waals surface area contributed by atoms with Gasteiger partial charge < -0.3 is 9.16 Å². The van der Waals surface area contributed by atoms with Gasteiger partial charge in [0, 0.05) is 6.08 Å². The Morgan fingerprint density at radius 3 is 2.05 bits per heavy atom. The molecule has 0 aromatic carbocycles. The SMILES string of the molecule is COC(=O)/C=C/C=C/C(=C\C=C\CO[Si](C)(C)C)[Si](C)(C)C. The lowest BCUT2D eigenvalue weighted by Gasteiger charge is -2.17. The summed E-state index contributed by atoms with van der Waals surface area (Å²) < 4.78 is 10.3. The number of allylic oxidation sites excluding steroid dienone is 6. The van der Waals surface area contributed by atoms with Gasteiger partial charge >= 0.3 is 5.97 Å². The zero-order valence-electron chi connectivity index (χ0n) is 15.0. The van der Waals surface area contributed by atoms with Crippen LogP contribution < -0.4 is 0 Å². The molecule has 0 N–H and O–H groups in total. The van der Waals surface area contributed by atoms with E-state index in [1.807, 2.05) is 6.08 Å². The predicted octanol–water partition coefficient (Wildman–Crippen LogP) is 4.48. The normalized spacial score (nSPS) is 14.4. The molecule has 0 atom stereocenters. The van der Waals surface area contributed by atoms with Gasteiger partial charge in [-0.15, -0.1) is 0 Å². The van der Waals surface area contributed by atoms with E-state index in [0.717, 1.165) is 0 Å². The van der Waals surface area contributed by atoms with Crippen LogP contribution >= 0.6 is 0 Å². The topological polar surface area (TPSA) is 35.5 Å². The molecule has 0 aromatic heterocycles. The molecule has 0 saturated carbocycles. The molecular formula is C17H30O3Si2. The smallest absolute Gasteiger partial charge is 0.330 e. The Labute approximate surface area is 137 Å². The van der Waals surface area contributed by atoms with Crippen molar-refractivity contribution in [1.29, 1.82) is 0 Å². The standard InChI is InChI=1S/C17H30O3Si2/c1-19-17(18)14-9-8-12-16(21(2,3)4)13-10-11-15-20-22(5,6)7/h8-14H,15H2,1-7H3/b11-10+,12-8+,14-9+,16-13+. The highest BCUT2D eigenvalue weighted by Gasteiger charge is 2.16. The minimum atomic E-state index is -1.44. The quantitative estimate of drug-likeness (QED) is 0.283. The third kappa shape index (κ3) is 11.5. The molecule has 0 unspecified atom stereocenters. The van der Waals surface area contributed by atoms with E-state index < -0.39 is 16.4 Å². The molecule has 0 rings (SSSR count). The Kier molecular flexibility index (Phi) is 9.24. The van der Waals surface area contributed by atoms with Crippen molar-refractivity contribution in [3.05, 3.63) is 47.7 Å². The molecule has 0 fully saturated rings. The molecule has 22 heavy (non-hydrogen) atoms. The highest BCUT2D eigenvalue weighted by Crippen LogP contribution is 2.16. The highest BCUT2D eigenvalue weighted by molar-refractivity contribution is 6.83. The fourth-order valence-corrected chi connectivity index (χ4v) is 3.23. The molecule has 0 aliphatic carbocycles. The molecule has 3 nitrogen and oxygen atoms in total. The lowest BCUT2D eigenvalue weighted by molar-refractivity contribution is -0.134. The average Bonchev–Trinajstić information content (AvgIpc) is 2.37. The zero-order chi connectivity index (χ0) is 17.2. The number of ether oxygens (including phenoxy) is 1. The highest BCUT2D eigenvalue weighted by atomic mass is 28.4. The molecule has 0 aromatic rings. The van der Waals surface area contributed by atoms with Crippen LogP contribution in [-0.4, -0.2) is 36.1 Å². The van der Waals surface area contributed by atoms with Gasteiger partial charge in [-0.2, -0.15) is 0 Å². The van der Waals surface area contributed by atoms with E-state index in [4.69, 9.17) is 4.43 Å². The van der Waals surface area contributed by atoms with Crippen LogP contribution in [0.3, 0.4) is 0 Å². The summed E-state index contributed by atoms with van der Waals surface area (Å²) in [6.45, 7) is 14.1. The molecule has 0 radical (unpaired) electrons. The van der Waals surface area contributed by atoms with Crippen LogP contribution in [0.4, 0.5) is 0 Å². The second kappa shape index (κ2) is 9.76. The van der Waals surface area contributed by atoms with Gasteiger partial charge in [0.05, 0.1) is 21.8 Å². The summed E-state index contributed by atoms with van der Waals surface area (Å²) >= 11 is 0. The summed E-state index contributed by atoms with van der Waals surface area (Å²) in [7, 11) is -1.50. The van der Waals surface area contributed by atoms with E-state index in [9.17, 15) is 4.79 Å². The maximum absolute atomic E-state index is 11.0. The lowest BCUT2D eigenvalue weighted by atomic mass is 10.3. The first kappa shape index (κ1) is 20.8. The van der Waals surface area contributed by atoms with Gasteiger partial charge in [-0.1, -0.05) is 61.3 Å². The number of hydrogen-bond acceptors (Lipinski definition) is 3. The molecular weight excluding hydrogens is 308 g/mol. The van der Waals surface area contributed by atoms with E-state index in [1.165, 1.54) is 18.4 Å². The van der Waals surface area contributed by atoms with Crippen LogP contribution in [-0.2, 0) is 14.0 Å². The van der Waals surface area contributed by atoms with Crippen molar-refractivity contribution >= 4 is 22.4 Å². The van der Waals surface area contributed by atoms with Crippen molar-refractivity contribution in [2.75, 3.05) is 13.7 Å². The first-order chi connectivity index (χ1) is 10.1. The van der Waals surface area contributed by atoms with Crippen LogP contribution in [0, 0.1) is 0 Å². The first-order valence-corrected chi connectivity index (χ1v) is 14.4. The Balaban J connectivity index is 4.75. The first-order valence-electron chi connectivity index (χ1n) is 7.50. The summed E-state index contributed by atoms with van der Waals surface area (Å²) in [5.74, 6) is -0.341. The van der Waals surface area contributed by atoms with Crippen LogP contribution in [0.5, 0.6) is 0 Å². The Hall–Kier alpha value is -1.18. The van der Waals surface area contributed by atoms with E-state index in [0.29, 0.717) is 6.61 Å². The Bertz CT molecular complexity index is 461. The molecule has 0 bridgehead atoms. The largest absolute Gasteiger partial charge is 0.466 e. The second-order valence-corrected chi connectivity index (χ2v) is 16.6. The monoisotopic (exact) mass is 338 g/mol. The number of hydrogen-bond donors (Lipinski definition) is 0. The van der Waals surface area contributed by atoms with Gasteiger partial charge in [0.25, 0.3) is 0 Å². The molecule has 0 aliphatic heterocycles. The maximum atomic E-state index is 11.0.